The number of fused-ring (bicyclic) bond motifs is 3. The van der Waals surface area contributed by atoms with Crippen LogP contribution >= 0.6 is 0 Å². The van der Waals surface area contributed by atoms with Gasteiger partial charge in [-0.3, -0.25) is 0 Å². The molecule has 0 bridgehead atoms. The minimum atomic E-state index is -2.21. The van der Waals surface area contributed by atoms with Crippen molar-refractivity contribution in [1.29, 1.82) is 0 Å². The molecule has 1 unspecified atom stereocenters. The van der Waals surface area contributed by atoms with Crippen LogP contribution in [0.5, 0.6) is 0 Å². The molecule has 51 heavy (non-hydrogen) atoms. The van der Waals surface area contributed by atoms with Gasteiger partial charge in [0.25, 0.3) is 0 Å². The van der Waals surface area contributed by atoms with Gasteiger partial charge in [0.05, 0.1) is 13.7 Å². The molecule has 0 aliphatic heterocycles. The predicted octanol–water partition coefficient (Wildman–Crippen LogP) is 11.9. The Morgan fingerprint density at radius 2 is 1.63 bits per heavy atom. The summed E-state index contributed by atoms with van der Waals surface area (Å²) in [6.45, 7) is 9.92. The molecule has 0 amide bonds. The quantitative estimate of drug-likeness (QED) is 0.123. The van der Waals surface area contributed by atoms with Crippen LogP contribution in [-0.4, -0.2) is 18.0 Å². The van der Waals surface area contributed by atoms with E-state index in [-0.39, 0.29) is 31.2 Å². The smallest absolute Gasteiger partial charge is 0.121 e. The second kappa shape index (κ2) is 15.6. The Kier molecular flexibility index (Phi) is 8.42. The zero-order chi connectivity index (χ0) is 43.3. The molecular weight excluding hydrogens is 817 g/mol. The molecule has 0 spiro atoms. The van der Waals surface area contributed by atoms with Crippen molar-refractivity contribution >= 4 is 35.2 Å². The predicted molar refractivity (Wildman–Crippen MR) is 214 cm³/mol. The third kappa shape index (κ3) is 9.02. The average molecular weight is 874 g/mol. The van der Waals surface area contributed by atoms with Gasteiger partial charge < -0.3 is 14.4 Å². The van der Waals surface area contributed by atoms with E-state index in [4.69, 9.17) is 15.4 Å². The molecule has 3 aromatic heterocycles. The van der Waals surface area contributed by atoms with Gasteiger partial charge in [0.1, 0.15) is 5.58 Å². The van der Waals surface area contributed by atoms with Gasteiger partial charge in [-0.1, -0.05) is 125 Å². The Balaban J connectivity index is 0.000000224. The van der Waals surface area contributed by atoms with Gasteiger partial charge in [-0.05, 0) is 64.0 Å². The van der Waals surface area contributed by atoms with Crippen molar-refractivity contribution in [3.05, 3.63) is 149 Å². The van der Waals surface area contributed by atoms with Gasteiger partial charge in [-0.15, -0.1) is 53.6 Å². The second-order valence-electron chi connectivity index (χ2n) is 14.6. The molecule has 0 aliphatic rings. The Labute approximate surface area is 331 Å². The summed E-state index contributed by atoms with van der Waals surface area (Å²) in [5.74, 6) is -0.923. The molecule has 1 atom stereocenters. The number of aromatic nitrogens is 2. The molecule has 0 saturated carbocycles. The van der Waals surface area contributed by atoms with Crippen molar-refractivity contribution in [2.24, 2.45) is 5.41 Å². The zero-order valence-electron chi connectivity index (χ0n) is 39.0. The third-order valence-corrected chi connectivity index (χ3v) is 10.4. The third-order valence-electron chi connectivity index (χ3n) is 8.38. The van der Waals surface area contributed by atoms with Crippen molar-refractivity contribution in [3.8, 4) is 22.5 Å². The van der Waals surface area contributed by atoms with Crippen LogP contribution in [-0.2, 0) is 26.5 Å². The van der Waals surface area contributed by atoms with E-state index in [1.807, 2.05) is 76.4 Å². The molecule has 5 heteroatoms. The van der Waals surface area contributed by atoms with Crippen LogP contribution in [0.4, 0.5) is 0 Å². The van der Waals surface area contributed by atoms with Crippen molar-refractivity contribution in [2.75, 3.05) is 0 Å². The molecule has 0 fully saturated rings. The zero-order valence-corrected chi connectivity index (χ0v) is 33.4. The number of pyridine rings is 2. The summed E-state index contributed by atoms with van der Waals surface area (Å²) in [6, 6.07) is 34.9. The van der Waals surface area contributed by atoms with E-state index in [0.717, 1.165) is 32.6 Å². The fourth-order valence-electron chi connectivity index (χ4n) is 5.95. The molecule has 3 heterocycles. The Morgan fingerprint density at radius 3 is 2.31 bits per heavy atom. The Hall–Kier alpha value is -4.15. The van der Waals surface area contributed by atoms with Gasteiger partial charge in [0, 0.05) is 56.1 Å². The molecule has 3 nitrogen and oxygen atoms in total. The summed E-state index contributed by atoms with van der Waals surface area (Å²) >= 11 is 0. The summed E-state index contributed by atoms with van der Waals surface area (Å²) in [5.41, 5.74) is 5.94. The van der Waals surface area contributed by atoms with Crippen LogP contribution < -0.4 is 5.19 Å². The first-order chi connectivity index (χ1) is 27.3. The minimum Gasteiger partial charge on any atom is -0.501 e. The van der Waals surface area contributed by atoms with E-state index < -0.39 is 39.5 Å². The fourth-order valence-corrected chi connectivity index (χ4v) is 7.47. The van der Waals surface area contributed by atoms with Crippen LogP contribution in [0.2, 0.25) is 19.6 Å². The number of furan rings is 1. The van der Waals surface area contributed by atoms with Crippen LogP contribution in [0, 0.1) is 31.3 Å². The van der Waals surface area contributed by atoms with Gasteiger partial charge in [0.15, 0.2) is 0 Å². The summed E-state index contributed by atoms with van der Waals surface area (Å²) in [5, 5.41) is 2.80. The van der Waals surface area contributed by atoms with Crippen LogP contribution in [0.15, 0.2) is 114 Å². The van der Waals surface area contributed by atoms with E-state index in [0.29, 0.717) is 33.7 Å². The van der Waals surface area contributed by atoms with Crippen LogP contribution in [0.1, 0.15) is 73.7 Å². The van der Waals surface area contributed by atoms with Gasteiger partial charge in [-0.25, -0.2) is 0 Å². The average Bonchev–Trinajstić information content (AvgIpc) is 3.55. The monoisotopic (exact) mass is 874 g/mol. The number of hydrogen-bond donors (Lipinski definition) is 0. The maximum atomic E-state index is 9.21. The van der Waals surface area contributed by atoms with Gasteiger partial charge in [0.2, 0.25) is 0 Å². The number of aryl methyl sites for hydroxylation is 2. The first kappa shape index (κ1) is 27.5. The summed E-state index contributed by atoms with van der Waals surface area (Å²) in [4.78, 5) is 9.09. The largest absolute Gasteiger partial charge is 0.501 e. The van der Waals surface area contributed by atoms with E-state index in [9.17, 15) is 1.37 Å². The normalized spacial score (nSPS) is 16.3. The first-order valence-corrected chi connectivity index (χ1v) is 20.2. The Morgan fingerprint density at radius 1 is 0.863 bits per heavy atom. The SMILES string of the molecule is [2H]C([2H])([2H])c1c[c-]c(-c2cc(C([2H])(C)c3ccccc3)c([Si](C)(C)C)cn2)cc1.[2H]C([2H])([2H])c1ccc2c(c1)oc1c(-c3cc(C([2H])([2H])C(C)(C)C)ccn3)[c-]ccc12.[Ir]. The van der Waals surface area contributed by atoms with Crippen LogP contribution in [0.25, 0.3) is 44.5 Å². The summed E-state index contributed by atoms with van der Waals surface area (Å²) in [7, 11) is -1.75. The van der Waals surface area contributed by atoms with Crippen molar-refractivity contribution in [2.45, 2.75) is 73.3 Å². The standard InChI is InChI=1S/C23H22NO.C23H26NSi.Ir/c1-15-8-9-17-18-6-5-7-19(22(18)25-21(17)12-15)20-13-16(10-11-24-20)14-23(2,3)4;1-17-11-13-20(14-12-17)22-15-21(23(16-24-22)25(3,4)5)18(2)19-9-7-6-8-10-19;/h5-6,8-13H,14H2,1-4H3;6-13,15-16,18H,1-5H3;/q2*-1;/i1D3,14D2;1D3,18D;. The fraction of sp³-hybridized carbons (Fsp3) is 0.261. The summed E-state index contributed by atoms with van der Waals surface area (Å²) < 4.78 is 77.9. The van der Waals surface area contributed by atoms with Gasteiger partial charge in [-0.2, -0.15) is 0 Å². The summed E-state index contributed by atoms with van der Waals surface area (Å²) in [6.07, 6.45) is 1.94. The molecule has 0 N–H and O–H groups in total. The maximum Gasteiger partial charge on any atom is 0.121 e. The molecule has 1 radical (unpaired) electrons. The number of nitrogens with zero attached hydrogens (tertiary/aromatic N) is 2. The van der Waals surface area contributed by atoms with E-state index >= 15 is 0 Å². The van der Waals surface area contributed by atoms with E-state index in [2.05, 4.69) is 41.7 Å². The molecule has 0 aliphatic carbocycles. The number of rotatable bonds is 6. The number of benzene rings is 4. The van der Waals surface area contributed by atoms with Gasteiger partial charge >= 0.3 is 0 Å². The van der Waals surface area contributed by atoms with E-state index in [1.165, 1.54) is 6.07 Å². The minimum absolute atomic E-state index is 0. The second-order valence-corrected chi connectivity index (χ2v) is 19.6. The van der Waals surface area contributed by atoms with E-state index in [1.54, 1.807) is 54.7 Å². The first-order valence-electron chi connectivity index (χ1n) is 21.2. The topological polar surface area (TPSA) is 38.9 Å². The van der Waals surface area contributed by atoms with Crippen molar-refractivity contribution in [3.63, 3.8) is 0 Å². The van der Waals surface area contributed by atoms with Crippen molar-refractivity contribution < 1.29 is 36.9 Å². The molecule has 263 valence electrons. The van der Waals surface area contributed by atoms with Crippen LogP contribution in [0.3, 0.4) is 0 Å². The Bertz CT molecular complexity index is 2610. The molecular formula is C46H48IrN2OSi-2. The maximum absolute atomic E-state index is 9.21. The molecule has 0 saturated heterocycles. The number of hydrogen-bond acceptors (Lipinski definition) is 3. The van der Waals surface area contributed by atoms with Crippen molar-refractivity contribution in [1.82, 2.24) is 9.97 Å². The molecule has 7 aromatic rings. The molecule has 7 rings (SSSR count). The molecule has 4 aromatic carbocycles.